The molecule has 0 radical (unpaired) electrons. The highest BCUT2D eigenvalue weighted by Crippen LogP contribution is 2.38. The number of ether oxygens (including phenoxy) is 2. The van der Waals surface area contributed by atoms with E-state index in [2.05, 4.69) is 9.99 Å². The first kappa shape index (κ1) is 16.1. The van der Waals surface area contributed by atoms with Crippen LogP contribution in [0.3, 0.4) is 0 Å². The van der Waals surface area contributed by atoms with E-state index in [0.717, 1.165) is 26.1 Å². The molecule has 0 fully saturated rings. The molecule has 112 valence electrons. The van der Waals surface area contributed by atoms with Gasteiger partial charge < -0.3 is 14.3 Å². The number of oxime groups is 1. The van der Waals surface area contributed by atoms with Gasteiger partial charge in [0.05, 0.1) is 18.2 Å². The van der Waals surface area contributed by atoms with Crippen molar-refractivity contribution in [2.45, 2.75) is 13.8 Å². The Balaban J connectivity index is 3.29. The number of carbonyl (C=O) groups is 2. The maximum atomic E-state index is 11.0. The molecule has 1 rings (SSSR count). The number of carbonyl (C=O) groups excluding carboxylic acids is 2. The summed E-state index contributed by atoms with van der Waals surface area (Å²) in [5.41, 5.74) is -0.246. The topological polar surface area (TPSA) is 117 Å². The van der Waals surface area contributed by atoms with Gasteiger partial charge in [-0.3, -0.25) is 14.9 Å². The summed E-state index contributed by atoms with van der Waals surface area (Å²) in [4.78, 5) is 36.2. The van der Waals surface area contributed by atoms with E-state index in [1.54, 1.807) is 0 Å². The molecule has 1 aromatic carbocycles. The fourth-order valence-corrected chi connectivity index (χ4v) is 1.38. The highest BCUT2D eigenvalue weighted by Gasteiger charge is 2.23. The first-order valence-corrected chi connectivity index (χ1v) is 5.61. The van der Waals surface area contributed by atoms with Crippen LogP contribution in [-0.2, 0) is 14.4 Å². The third kappa shape index (κ3) is 4.56. The molecule has 0 saturated carbocycles. The van der Waals surface area contributed by atoms with Crippen LogP contribution in [0.15, 0.2) is 17.3 Å². The number of benzene rings is 1. The lowest BCUT2D eigenvalue weighted by atomic mass is 10.2. The van der Waals surface area contributed by atoms with Crippen LogP contribution in [0, 0.1) is 10.1 Å². The van der Waals surface area contributed by atoms with Gasteiger partial charge in [-0.1, -0.05) is 5.16 Å². The number of hydrogen-bond acceptors (Lipinski definition) is 8. The molecule has 9 nitrogen and oxygen atoms in total. The zero-order valence-electron chi connectivity index (χ0n) is 11.5. The second-order valence-electron chi connectivity index (χ2n) is 3.74. The minimum absolute atomic E-state index is 0.0244. The summed E-state index contributed by atoms with van der Waals surface area (Å²) < 4.78 is 9.74. The first-order chi connectivity index (χ1) is 9.85. The fourth-order valence-electron chi connectivity index (χ4n) is 1.38. The van der Waals surface area contributed by atoms with Crippen molar-refractivity contribution in [1.29, 1.82) is 0 Å². The number of nitrogens with zero attached hydrogens (tertiary/aromatic N) is 2. The van der Waals surface area contributed by atoms with Crippen LogP contribution in [0.5, 0.6) is 11.5 Å². The molecule has 0 saturated heterocycles. The lowest BCUT2D eigenvalue weighted by Gasteiger charge is -2.09. The summed E-state index contributed by atoms with van der Waals surface area (Å²) in [5, 5.41) is 14.4. The standard InChI is InChI=1S/C12H12N2O7/c1-7(15)20-12-10(14(17)18)4-9(5-11(12)19-3)6-13-21-8(2)16/h4-6H,1-3H3/b13-6+. The molecule has 21 heavy (non-hydrogen) atoms. The highest BCUT2D eigenvalue weighted by molar-refractivity contribution is 5.84. The Morgan fingerprint density at radius 2 is 1.95 bits per heavy atom. The van der Waals surface area contributed by atoms with Crippen molar-refractivity contribution < 1.29 is 28.8 Å². The van der Waals surface area contributed by atoms with E-state index < -0.39 is 22.5 Å². The minimum Gasteiger partial charge on any atom is -0.493 e. The molecule has 0 bridgehead atoms. The van der Waals surface area contributed by atoms with Crippen LogP contribution in [0.1, 0.15) is 19.4 Å². The number of hydrogen-bond donors (Lipinski definition) is 0. The van der Waals surface area contributed by atoms with Crippen LogP contribution in [0.25, 0.3) is 0 Å². The Bertz CT molecular complexity index is 610. The third-order valence-electron chi connectivity index (χ3n) is 2.10. The zero-order chi connectivity index (χ0) is 16.0. The summed E-state index contributed by atoms with van der Waals surface area (Å²) in [7, 11) is 1.26. The molecule has 0 aromatic heterocycles. The van der Waals surface area contributed by atoms with Crippen molar-refractivity contribution in [3.8, 4) is 11.5 Å². The Kier molecular flexibility index (Phi) is 5.35. The molecule has 1 aromatic rings. The molecule has 0 aliphatic carbocycles. The number of methoxy groups -OCH3 is 1. The molecule has 0 amide bonds. The Labute approximate surface area is 119 Å². The molecule has 0 spiro atoms. The fraction of sp³-hybridized carbons (Fsp3) is 0.250. The number of rotatable bonds is 5. The van der Waals surface area contributed by atoms with Gasteiger partial charge in [0, 0.05) is 25.5 Å². The molecule has 0 heterocycles. The van der Waals surface area contributed by atoms with Crippen molar-refractivity contribution in [1.82, 2.24) is 0 Å². The Hall–Kier alpha value is -2.97. The zero-order valence-corrected chi connectivity index (χ0v) is 11.5. The quantitative estimate of drug-likeness (QED) is 0.201. The van der Waals surface area contributed by atoms with Gasteiger partial charge in [0.25, 0.3) is 0 Å². The predicted molar refractivity (Wildman–Crippen MR) is 70.3 cm³/mol. The van der Waals surface area contributed by atoms with Crippen LogP contribution < -0.4 is 9.47 Å². The number of esters is 1. The van der Waals surface area contributed by atoms with Gasteiger partial charge >= 0.3 is 17.6 Å². The molecule has 0 aliphatic rings. The summed E-state index contributed by atoms with van der Waals surface area (Å²) in [6, 6.07) is 2.45. The Morgan fingerprint density at radius 3 is 2.43 bits per heavy atom. The Morgan fingerprint density at radius 1 is 1.29 bits per heavy atom. The van der Waals surface area contributed by atoms with Crippen molar-refractivity contribution in [2.24, 2.45) is 5.16 Å². The molecular weight excluding hydrogens is 284 g/mol. The van der Waals surface area contributed by atoms with E-state index in [1.807, 2.05) is 0 Å². The van der Waals surface area contributed by atoms with Gasteiger partial charge in [-0.15, -0.1) is 0 Å². The molecule has 0 atom stereocenters. The van der Waals surface area contributed by atoms with E-state index in [-0.39, 0.29) is 17.1 Å². The second-order valence-corrected chi connectivity index (χ2v) is 3.74. The van der Waals surface area contributed by atoms with Crippen LogP contribution in [0.4, 0.5) is 5.69 Å². The van der Waals surface area contributed by atoms with E-state index in [9.17, 15) is 19.7 Å². The smallest absolute Gasteiger partial charge is 0.331 e. The van der Waals surface area contributed by atoms with E-state index in [1.165, 1.54) is 13.2 Å². The maximum absolute atomic E-state index is 11.0. The summed E-state index contributed by atoms with van der Waals surface area (Å²) >= 11 is 0. The number of nitro benzene ring substituents is 1. The SMILES string of the molecule is COc1cc(/C=N/OC(C)=O)cc([N+](=O)[O-])c1OC(C)=O. The van der Waals surface area contributed by atoms with Gasteiger partial charge in [0.1, 0.15) is 0 Å². The minimum atomic E-state index is -0.732. The normalized spacial score (nSPS) is 10.2. The average Bonchev–Trinajstić information content (AvgIpc) is 2.38. The van der Waals surface area contributed by atoms with Crippen LogP contribution in [-0.4, -0.2) is 30.2 Å². The van der Waals surface area contributed by atoms with Gasteiger partial charge in [-0.05, 0) is 6.07 Å². The van der Waals surface area contributed by atoms with E-state index >= 15 is 0 Å². The van der Waals surface area contributed by atoms with Gasteiger partial charge in [0.15, 0.2) is 5.75 Å². The monoisotopic (exact) mass is 296 g/mol. The van der Waals surface area contributed by atoms with Gasteiger partial charge in [0.2, 0.25) is 5.75 Å². The average molecular weight is 296 g/mol. The first-order valence-electron chi connectivity index (χ1n) is 5.61. The van der Waals surface area contributed by atoms with Crippen LogP contribution in [0.2, 0.25) is 0 Å². The maximum Gasteiger partial charge on any atom is 0.331 e. The highest BCUT2D eigenvalue weighted by atomic mass is 16.7. The van der Waals surface area contributed by atoms with Crippen molar-refractivity contribution in [3.05, 3.63) is 27.8 Å². The third-order valence-corrected chi connectivity index (χ3v) is 2.10. The van der Waals surface area contributed by atoms with Crippen LogP contribution >= 0.6 is 0 Å². The van der Waals surface area contributed by atoms with Crippen molar-refractivity contribution >= 4 is 23.8 Å². The van der Waals surface area contributed by atoms with E-state index in [0.29, 0.717) is 0 Å². The molecule has 0 unspecified atom stereocenters. The second kappa shape index (κ2) is 6.98. The predicted octanol–water partition coefficient (Wildman–Crippen LogP) is 1.43. The van der Waals surface area contributed by atoms with E-state index in [4.69, 9.17) is 9.47 Å². The number of nitro groups is 1. The van der Waals surface area contributed by atoms with Crippen molar-refractivity contribution in [2.75, 3.05) is 7.11 Å². The molecule has 9 heteroatoms. The van der Waals surface area contributed by atoms with Gasteiger partial charge in [-0.25, -0.2) is 4.79 Å². The summed E-state index contributed by atoms with van der Waals surface area (Å²) in [5.74, 6) is -1.69. The van der Waals surface area contributed by atoms with Crippen molar-refractivity contribution in [3.63, 3.8) is 0 Å². The molecular formula is C12H12N2O7. The largest absolute Gasteiger partial charge is 0.493 e. The lowest BCUT2D eigenvalue weighted by molar-refractivity contribution is -0.385. The van der Waals surface area contributed by atoms with Gasteiger partial charge in [-0.2, -0.15) is 0 Å². The lowest BCUT2D eigenvalue weighted by Crippen LogP contribution is -2.06. The molecule has 0 N–H and O–H groups in total. The molecule has 0 aliphatic heterocycles. The summed E-state index contributed by atoms with van der Waals surface area (Å²) in [6.07, 6.45) is 1.09. The summed E-state index contributed by atoms with van der Waals surface area (Å²) in [6.45, 7) is 2.27.